The van der Waals surface area contributed by atoms with Gasteiger partial charge in [0.25, 0.3) is 0 Å². The number of hydrogen-bond acceptors (Lipinski definition) is 3. The highest BCUT2D eigenvalue weighted by Gasteiger charge is 2.08. The normalized spacial score (nSPS) is 9.68. The van der Waals surface area contributed by atoms with Gasteiger partial charge in [-0.15, -0.1) is 11.6 Å². The molecule has 0 radical (unpaired) electrons. The number of rotatable bonds is 3. The SMILES string of the molecule is N#Cc1ccc(OC(=O)c2ccc(CCl)cc2)cc1. The van der Waals surface area contributed by atoms with Gasteiger partial charge in [-0.05, 0) is 42.0 Å². The van der Waals surface area contributed by atoms with Crippen molar-refractivity contribution in [1.82, 2.24) is 0 Å². The van der Waals surface area contributed by atoms with Crippen LogP contribution in [0.4, 0.5) is 0 Å². The Morgan fingerprint density at radius 2 is 1.74 bits per heavy atom. The first-order chi connectivity index (χ1) is 9.22. The van der Waals surface area contributed by atoms with Crippen molar-refractivity contribution in [1.29, 1.82) is 5.26 Å². The molecule has 0 heterocycles. The van der Waals surface area contributed by atoms with E-state index in [2.05, 4.69) is 0 Å². The first-order valence-corrected chi connectivity index (χ1v) is 6.13. The fourth-order valence-corrected chi connectivity index (χ4v) is 1.67. The van der Waals surface area contributed by atoms with E-state index < -0.39 is 5.97 Å². The molecule has 94 valence electrons. The third-order valence-electron chi connectivity index (χ3n) is 2.54. The molecule has 0 atom stereocenters. The second-order valence-electron chi connectivity index (χ2n) is 3.86. The summed E-state index contributed by atoms with van der Waals surface area (Å²) in [4.78, 5) is 11.8. The van der Waals surface area contributed by atoms with Gasteiger partial charge >= 0.3 is 5.97 Å². The Morgan fingerprint density at radius 1 is 1.11 bits per heavy atom. The largest absolute Gasteiger partial charge is 0.423 e. The van der Waals surface area contributed by atoms with Crippen molar-refractivity contribution in [2.24, 2.45) is 0 Å². The average molecular weight is 272 g/mol. The van der Waals surface area contributed by atoms with Crippen molar-refractivity contribution in [2.45, 2.75) is 5.88 Å². The zero-order valence-electron chi connectivity index (χ0n) is 9.97. The molecule has 0 aromatic heterocycles. The first-order valence-electron chi connectivity index (χ1n) is 5.60. The van der Waals surface area contributed by atoms with Crippen molar-refractivity contribution in [2.75, 3.05) is 0 Å². The molecule has 4 heteroatoms. The second kappa shape index (κ2) is 6.03. The molecule has 0 aliphatic rings. The lowest BCUT2D eigenvalue weighted by Gasteiger charge is -2.04. The maximum absolute atomic E-state index is 11.8. The summed E-state index contributed by atoms with van der Waals surface area (Å²) in [6.07, 6.45) is 0. The number of benzene rings is 2. The molecule has 19 heavy (non-hydrogen) atoms. The topological polar surface area (TPSA) is 50.1 Å². The molecule has 0 saturated heterocycles. The Kier molecular flexibility index (Phi) is 4.17. The minimum Gasteiger partial charge on any atom is -0.423 e. The van der Waals surface area contributed by atoms with Crippen LogP contribution in [0.25, 0.3) is 0 Å². The Labute approximate surface area is 116 Å². The molecule has 0 unspecified atom stereocenters. The van der Waals surface area contributed by atoms with E-state index >= 15 is 0 Å². The van der Waals surface area contributed by atoms with Crippen LogP contribution in [-0.2, 0) is 5.88 Å². The number of nitrogens with zero attached hydrogens (tertiary/aromatic N) is 1. The van der Waals surface area contributed by atoms with Crippen LogP contribution in [0.15, 0.2) is 48.5 Å². The van der Waals surface area contributed by atoms with Gasteiger partial charge in [0.15, 0.2) is 0 Å². The third kappa shape index (κ3) is 3.34. The number of halogens is 1. The average Bonchev–Trinajstić information content (AvgIpc) is 2.48. The molecule has 0 saturated carbocycles. The third-order valence-corrected chi connectivity index (χ3v) is 2.85. The number of carbonyl (C=O) groups is 1. The van der Waals surface area contributed by atoms with Gasteiger partial charge in [0.05, 0.1) is 17.2 Å². The zero-order valence-corrected chi connectivity index (χ0v) is 10.7. The van der Waals surface area contributed by atoms with E-state index in [1.807, 2.05) is 6.07 Å². The van der Waals surface area contributed by atoms with Crippen molar-refractivity contribution in [3.05, 3.63) is 65.2 Å². The van der Waals surface area contributed by atoms with E-state index in [-0.39, 0.29) is 0 Å². The highest BCUT2D eigenvalue weighted by Crippen LogP contribution is 2.14. The second-order valence-corrected chi connectivity index (χ2v) is 4.12. The molecule has 0 amide bonds. The molecule has 0 aliphatic heterocycles. The summed E-state index contributed by atoms with van der Waals surface area (Å²) in [7, 11) is 0. The standard InChI is InChI=1S/C15H10ClNO2/c16-9-11-1-5-13(6-2-11)15(18)19-14-7-3-12(10-17)4-8-14/h1-8H,9H2. The maximum atomic E-state index is 11.8. The number of esters is 1. The molecule has 3 nitrogen and oxygen atoms in total. The summed E-state index contributed by atoms with van der Waals surface area (Å²) in [5.74, 6) is 0.376. The van der Waals surface area contributed by atoms with Gasteiger partial charge < -0.3 is 4.74 Å². The van der Waals surface area contributed by atoms with E-state index in [9.17, 15) is 4.79 Å². The number of nitriles is 1. The molecule has 0 N–H and O–H groups in total. The van der Waals surface area contributed by atoms with Crippen LogP contribution < -0.4 is 4.74 Å². The summed E-state index contributed by atoms with van der Waals surface area (Å²) >= 11 is 5.67. The zero-order chi connectivity index (χ0) is 13.7. The summed E-state index contributed by atoms with van der Waals surface area (Å²) in [6, 6.07) is 15.3. The van der Waals surface area contributed by atoms with Crippen LogP contribution in [0.3, 0.4) is 0 Å². The molecule has 0 spiro atoms. The van der Waals surface area contributed by atoms with Crippen molar-refractivity contribution in [3.63, 3.8) is 0 Å². The fraction of sp³-hybridized carbons (Fsp3) is 0.0667. The lowest BCUT2D eigenvalue weighted by Crippen LogP contribution is -2.08. The lowest BCUT2D eigenvalue weighted by molar-refractivity contribution is 0.0735. The van der Waals surface area contributed by atoms with Gasteiger partial charge in [0.2, 0.25) is 0 Å². The van der Waals surface area contributed by atoms with E-state index in [1.54, 1.807) is 48.5 Å². The van der Waals surface area contributed by atoms with Crippen LogP contribution in [0.2, 0.25) is 0 Å². The molecule has 0 bridgehead atoms. The Balaban J connectivity index is 2.09. The predicted octanol–water partition coefficient (Wildman–Crippen LogP) is 3.52. The Bertz CT molecular complexity index is 612. The quantitative estimate of drug-likeness (QED) is 0.488. The number of ether oxygens (including phenoxy) is 1. The predicted molar refractivity (Wildman–Crippen MR) is 72.1 cm³/mol. The summed E-state index contributed by atoms with van der Waals surface area (Å²) in [6.45, 7) is 0. The molecular weight excluding hydrogens is 262 g/mol. The summed E-state index contributed by atoms with van der Waals surface area (Å²) < 4.78 is 5.19. The Hall–Kier alpha value is -2.31. The van der Waals surface area contributed by atoms with Gasteiger partial charge in [-0.1, -0.05) is 12.1 Å². The van der Waals surface area contributed by atoms with Gasteiger partial charge in [0.1, 0.15) is 5.75 Å². The maximum Gasteiger partial charge on any atom is 0.343 e. The molecule has 2 aromatic rings. The molecule has 2 aromatic carbocycles. The highest BCUT2D eigenvalue weighted by molar-refractivity contribution is 6.17. The van der Waals surface area contributed by atoms with Gasteiger partial charge in [-0.25, -0.2) is 4.79 Å². The molecule has 2 rings (SSSR count). The van der Waals surface area contributed by atoms with Crippen molar-refractivity contribution < 1.29 is 9.53 Å². The van der Waals surface area contributed by atoms with Gasteiger partial charge in [-0.2, -0.15) is 5.26 Å². The summed E-state index contributed by atoms with van der Waals surface area (Å²) in [5.41, 5.74) is 1.92. The number of alkyl halides is 1. The van der Waals surface area contributed by atoms with Crippen LogP contribution in [-0.4, -0.2) is 5.97 Å². The van der Waals surface area contributed by atoms with Gasteiger partial charge in [-0.3, -0.25) is 0 Å². The van der Waals surface area contributed by atoms with E-state index in [0.29, 0.717) is 22.8 Å². The van der Waals surface area contributed by atoms with Crippen LogP contribution in [0.5, 0.6) is 5.75 Å². The fourth-order valence-electron chi connectivity index (χ4n) is 1.49. The molecule has 0 aliphatic carbocycles. The summed E-state index contributed by atoms with van der Waals surface area (Å²) in [5, 5.41) is 8.67. The lowest BCUT2D eigenvalue weighted by atomic mass is 10.1. The minimum atomic E-state index is -0.439. The van der Waals surface area contributed by atoms with Crippen LogP contribution in [0, 0.1) is 11.3 Å². The van der Waals surface area contributed by atoms with Crippen molar-refractivity contribution >= 4 is 17.6 Å². The Morgan fingerprint density at radius 3 is 2.26 bits per heavy atom. The monoisotopic (exact) mass is 271 g/mol. The molecular formula is C15H10ClNO2. The number of carbonyl (C=O) groups excluding carboxylic acids is 1. The number of hydrogen-bond donors (Lipinski definition) is 0. The van der Waals surface area contributed by atoms with Crippen molar-refractivity contribution in [3.8, 4) is 11.8 Å². The van der Waals surface area contributed by atoms with Crippen LogP contribution in [0.1, 0.15) is 21.5 Å². The smallest absolute Gasteiger partial charge is 0.343 e. The van der Waals surface area contributed by atoms with E-state index in [0.717, 1.165) is 5.56 Å². The minimum absolute atomic E-state index is 0.408. The van der Waals surface area contributed by atoms with Crippen LogP contribution >= 0.6 is 11.6 Å². The molecule has 0 fully saturated rings. The van der Waals surface area contributed by atoms with Gasteiger partial charge in [0, 0.05) is 5.88 Å². The first kappa shape index (κ1) is 13.1. The highest BCUT2D eigenvalue weighted by atomic mass is 35.5. The van der Waals surface area contributed by atoms with E-state index in [4.69, 9.17) is 21.6 Å². The van der Waals surface area contributed by atoms with E-state index in [1.165, 1.54) is 0 Å².